The minimum atomic E-state index is 1.11. The Balaban J connectivity index is 1.08. The molecule has 0 unspecified atom stereocenters. The molecule has 0 bridgehead atoms. The second-order valence-electron chi connectivity index (χ2n) is 10.5. The maximum absolute atomic E-state index is 2.42. The lowest BCUT2D eigenvalue weighted by Gasteiger charge is -2.19. The lowest BCUT2D eigenvalue weighted by atomic mass is 10.0. The van der Waals surface area contributed by atoms with Crippen LogP contribution < -0.4 is 0 Å². The molecule has 0 saturated heterocycles. The molecule has 0 N–H and O–H groups in total. The first-order valence-corrected chi connectivity index (χ1v) is 19.5. The average Bonchev–Trinajstić information content (AvgIpc) is 3.89. The molecule has 2 aliphatic carbocycles. The van der Waals surface area contributed by atoms with Gasteiger partial charge in [-0.15, -0.1) is 45.3 Å². The first-order chi connectivity index (χ1) is 21.3. The van der Waals surface area contributed by atoms with Crippen molar-refractivity contribution in [3.8, 4) is 20.2 Å². The molecule has 8 rings (SSSR count). The van der Waals surface area contributed by atoms with Crippen molar-refractivity contribution in [1.82, 2.24) is 0 Å². The quantitative estimate of drug-likeness (QED) is 0.123. The van der Waals surface area contributed by atoms with E-state index in [2.05, 4.69) is 113 Å². The van der Waals surface area contributed by atoms with E-state index in [1.165, 1.54) is 72.5 Å². The second-order valence-corrected chi connectivity index (χ2v) is 16.4. The highest BCUT2D eigenvalue weighted by Gasteiger charge is 2.32. The zero-order chi connectivity index (χ0) is 28.6. The van der Waals surface area contributed by atoms with E-state index >= 15 is 0 Å². The van der Waals surface area contributed by atoms with Crippen molar-refractivity contribution in [3.05, 3.63) is 149 Å². The van der Waals surface area contributed by atoms with Gasteiger partial charge >= 0.3 is 0 Å². The summed E-state index contributed by atoms with van der Waals surface area (Å²) in [5.74, 6) is 0. The van der Waals surface area contributed by atoms with Crippen LogP contribution in [0.25, 0.3) is 36.2 Å². The van der Waals surface area contributed by atoms with E-state index in [1.807, 2.05) is 68.4 Å². The number of thiophene rings is 4. The molecule has 6 heterocycles. The van der Waals surface area contributed by atoms with E-state index in [4.69, 9.17) is 0 Å². The maximum atomic E-state index is 2.42. The average molecular weight is 664 g/mol. The minimum absolute atomic E-state index is 1.11. The van der Waals surface area contributed by atoms with E-state index in [9.17, 15) is 0 Å². The zero-order valence-electron chi connectivity index (χ0n) is 23.2. The number of thioether (sulfide) groups is 1. The van der Waals surface area contributed by atoms with Gasteiger partial charge in [-0.2, -0.15) is 0 Å². The van der Waals surface area contributed by atoms with Crippen LogP contribution in [0, 0.1) is 0 Å². The van der Waals surface area contributed by atoms with Crippen LogP contribution in [0.1, 0.15) is 39.5 Å². The first-order valence-electron chi connectivity index (χ1n) is 14.4. The summed E-state index contributed by atoms with van der Waals surface area (Å²) < 4.78 is 0. The summed E-state index contributed by atoms with van der Waals surface area (Å²) in [4.78, 5) is 11.1. The molecule has 0 saturated carbocycles. The fraction of sp³-hybridized carbons (Fsp3) is 0.108. The molecule has 0 atom stereocenters. The van der Waals surface area contributed by atoms with Gasteiger partial charge in [0.25, 0.3) is 0 Å². The van der Waals surface area contributed by atoms with Crippen molar-refractivity contribution in [3.63, 3.8) is 0 Å². The summed E-state index contributed by atoms with van der Waals surface area (Å²) in [5.41, 5.74) is 8.80. The highest BCUT2D eigenvalue weighted by molar-refractivity contribution is 8.12. The fourth-order valence-corrected chi connectivity index (χ4v) is 11.7. The molecule has 1 aliphatic heterocycles. The van der Waals surface area contributed by atoms with Gasteiger partial charge in [-0.3, -0.25) is 0 Å². The van der Waals surface area contributed by atoms with Gasteiger partial charge in [-0.1, -0.05) is 66.4 Å². The monoisotopic (exact) mass is 663 g/mol. The second kappa shape index (κ2) is 12.3. The molecule has 5 aromatic rings. The van der Waals surface area contributed by atoms with Gasteiger partial charge in [0, 0.05) is 47.2 Å². The number of rotatable bonds is 7. The Hall–Kier alpha value is -2.84. The van der Waals surface area contributed by atoms with Crippen LogP contribution in [0.2, 0.25) is 0 Å². The maximum Gasteiger partial charge on any atom is 0.249 e. The third-order valence-electron chi connectivity index (χ3n) is 7.96. The number of hydrogen-bond donors (Lipinski definition) is 0. The van der Waals surface area contributed by atoms with Crippen molar-refractivity contribution < 1.29 is 0 Å². The predicted octanol–water partition coefficient (Wildman–Crippen LogP) is 13.3. The van der Waals surface area contributed by atoms with Crippen molar-refractivity contribution in [2.24, 2.45) is 0 Å². The molecule has 0 radical (unpaired) electrons. The van der Waals surface area contributed by atoms with Crippen LogP contribution in [0.3, 0.4) is 0 Å². The van der Waals surface area contributed by atoms with E-state index < -0.39 is 0 Å². The summed E-state index contributed by atoms with van der Waals surface area (Å²) >= 11 is 11.3. The number of hydrogen-bond acceptors (Lipinski definition) is 5. The van der Waals surface area contributed by atoms with Gasteiger partial charge in [-0.25, -0.2) is 0 Å². The molecule has 5 aromatic heterocycles. The topological polar surface area (TPSA) is 0 Å². The van der Waals surface area contributed by atoms with Crippen LogP contribution in [0.15, 0.2) is 129 Å². The Morgan fingerprint density at radius 3 is 2.14 bits per heavy atom. The van der Waals surface area contributed by atoms with Crippen LogP contribution in [-0.4, -0.2) is 0 Å². The van der Waals surface area contributed by atoms with E-state index in [0.29, 0.717) is 0 Å². The Labute approximate surface area is 277 Å². The molecule has 0 amide bonds. The van der Waals surface area contributed by atoms with Gasteiger partial charge in [-0.05, 0) is 94.3 Å². The Bertz CT molecular complexity index is 1950. The molecule has 43 heavy (non-hydrogen) atoms. The van der Waals surface area contributed by atoms with Crippen LogP contribution >= 0.6 is 68.4 Å². The molecule has 3 aliphatic rings. The third kappa shape index (κ3) is 5.50. The standard InChI is InChI=1S/C37H27S6/c1(2-8-24-14-16-26-28(30-10-4-18-38-30)22-34(42-36(24)26)32-12-6-20-40-32)3-9-25-15-17-27-29(31-11-5-19-39-31)23-35(43-37(25)27)33-13-7-21-41-33/h1-13,18-23H,14-17H2/q+1. The molecule has 0 nitrogen and oxygen atoms in total. The van der Waals surface area contributed by atoms with Crippen molar-refractivity contribution in [2.45, 2.75) is 25.7 Å². The normalized spacial score (nSPS) is 17.6. The van der Waals surface area contributed by atoms with Gasteiger partial charge in [0.05, 0.1) is 4.88 Å². The summed E-state index contributed by atoms with van der Waals surface area (Å²) in [6, 6.07) is 20.1. The minimum Gasteiger partial charge on any atom is -0.144 e. The van der Waals surface area contributed by atoms with Gasteiger partial charge in [0.2, 0.25) is 21.1 Å². The van der Waals surface area contributed by atoms with Crippen LogP contribution in [0.5, 0.6) is 0 Å². The summed E-state index contributed by atoms with van der Waals surface area (Å²) in [7, 11) is 0. The summed E-state index contributed by atoms with van der Waals surface area (Å²) in [5, 5.41) is 8.74. The van der Waals surface area contributed by atoms with E-state index in [-0.39, 0.29) is 0 Å². The van der Waals surface area contributed by atoms with Gasteiger partial charge in [0.15, 0.2) is 0 Å². The van der Waals surface area contributed by atoms with Gasteiger partial charge in [0.1, 0.15) is 0 Å². The Kier molecular flexibility index (Phi) is 7.90. The van der Waals surface area contributed by atoms with Crippen LogP contribution in [0.4, 0.5) is 0 Å². The van der Waals surface area contributed by atoms with Crippen LogP contribution in [-0.2, 0) is 6.42 Å². The largest absolute Gasteiger partial charge is 0.249 e. The number of fused-ring (bicyclic) bond motifs is 2. The van der Waals surface area contributed by atoms with Crippen molar-refractivity contribution >= 4 is 84.5 Å². The molecule has 6 heteroatoms. The van der Waals surface area contributed by atoms with E-state index in [1.54, 1.807) is 0 Å². The van der Waals surface area contributed by atoms with Gasteiger partial charge < -0.3 is 0 Å². The Morgan fingerprint density at radius 2 is 1.40 bits per heavy atom. The summed E-state index contributed by atoms with van der Waals surface area (Å²) in [6.07, 6.45) is 18.3. The molecule has 0 spiro atoms. The molecular weight excluding hydrogens is 637 g/mol. The lowest BCUT2D eigenvalue weighted by molar-refractivity contribution is 1.03. The Morgan fingerprint density at radius 1 is 0.674 bits per heavy atom. The highest BCUT2D eigenvalue weighted by atomic mass is 32.2. The molecule has 0 fully saturated rings. The zero-order valence-corrected chi connectivity index (χ0v) is 28.1. The highest BCUT2D eigenvalue weighted by Crippen LogP contribution is 2.53. The van der Waals surface area contributed by atoms with E-state index in [0.717, 1.165) is 25.7 Å². The predicted molar refractivity (Wildman–Crippen MR) is 197 cm³/mol. The summed E-state index contributed by atoms with van der Waals surface area (Å²) in [6.45, 7) is 0. The smallest absolute Gasteiger partial charge is 0.144 e. The first kappa shape index (κ1) is 27.7. The fourth-order valence-electron chi connectivity index (χ4n) is 5.95. The van der Waals surface area contributed by atoms with Crippen molar-refractivity contribution in [1.29, 1.82) is 0 Å². The lowest BCUT2D eigenvalue weighted by Crippen LogP contribution is -1.94. The molecule has 210 valence electrons. The molecular formula is C37H27S6+. The van der Waals surface area contributed by atoms with Crippen molar-refractivity contribution in [2.75, 3.05) is 0 Å². The molecule has 0 aromatic carbocycles. The number of allylic oxidation sites excluding steroid dienone is 10. The SMILES string of the molecule is C1=C(c2cccs2)SC2=C(/C=C/C=C/C=C3\CCc4c(-c5cccs5)cc(-c5cccs5)[s+]c43)CCC2=C1c1cccs1. The third-order valence-corrected chi connectivity index (χ3v) is 14.4.